The van der Waals surface area contributed by atoms with Crippen LogP contribution in [-0.2, 0) is 13.5 Å². The predicted octanol–water partition coefficient (Wildman–Crippen LogP) is 0.973. The maximum absolute atomic E-state index is 12.3. The summed E-state index contributed by atoms with van der Waals surface area (Å²) in [5, 5.41) is 20.4. The van der Waals surface area contributed by atoms with Crippen LogP contribution in [0.5, 0.6) is 0 Å². The minimum atomic E-state index is -0.123. The van der Waals surface area contributed by atoms with Gasteiger partial charge in [-0.15, -0.1) is 20.4 Å². The Hall–Kier alpha value is -2.23. The summed E-state index contributed by atoms with van der Waals surface area (Å²) in [6, 6.07) is -0.123. The van der Waals surface area contributed by atoms with Crippen LogP contribution < -0.4 is 10.2 Å². The van der Waals surface area contributed by atoms with E-state index in [1.807, 2.05) is 11.6 Å². The van der Waals surface area contributed by atoms with Crippen LogP contribution in [0.4, 0.5) is 15.9 Å². The monoisotopic (exact) mass is 336 g/mol. The maximum Gasteiger partial charge on any atom is 0.323 e. The molecule has 0 atom stereocenters. The first kappa shape index (κ1) is 15.7. The van der Waals surface area contributed by atoms with Gasteiger partial charge in [-0.2, -0.15) is 0 Å². The molecule has 9 nitrogen and oxygen atoms in total. The van der Waals surface area contributed by atoms with E-state index in [-0.39, 0.29) is 6.03 Å². The van der Waals surface area contributed by atoms with Gasteiger partial charge in [0.2, 0.25) is 11.1 Å². The van der Waals surface area contributed by atoms with E-state index >= 15 is 0 Å². The molecule has 0 saturated carbocycles. The van der Waals surface area contributed by atoms with Crippen LogP contribution in [0, 0.1) is 0 Å². The van der Waals surface area contributed by atoms with Gasteiger partial charge >= 0.3 is 6.03 Å². The van der Waals surface area contributed by atoms with Gasteiger partial charge in [-0.3, -0.25) is 5.32 Å². The van der Waals surface area contributed by atoms with Crippen LogP contribution in [0.25, 0.3) is 0 Å². The minimum Gasteiger partial charge on any atom is -0.337 e. The third-order valence-corrected chi connectivity index (χ3v) is 4.58. The number of anilines is 2. The highest BCUT2D eigenvalue weighted by Crippen LogP contribution is 2.18. The average Bonchev–Trinajstić information content (AvgIpc) is 3.17. The molecule has 0 bridgehead atoms. The second-order valence-corrected chi connectivity index (χ2v) is 6.46. The number of piperazine rings is 1. The molecule has 0 aliphatic carbocycles. The number of nitrogens with one attached hydrogen (secondary N) is 1. The summed E-state index contributed by atoms with van der Waals surface area (Å²) < 4.78 is 1.88. The van der Waals surface area contributed by atoms with E-state index in [1.54, 1.807) is 11.2 Å². The molecule has 3 heterocycles. The third-order valence-electron chi connectivity index (χ3n) is 3.68. The average molecular weight is 336 g/mol. The lowest BCUT2D eigenvalue weighted by atomic mass is 10.3. The second-order valence-electron chi connectivity index (χ2n) is 5.40. The molecular formula is C13H20N8OS. The molecule has 1 saturated heterocycles. The SMILES string of the molecule is CCCc1nnc(NC(=O)N2CCN(c3nncn3C)CC2)s1. The van der Waals surface area contributed by atoms with Crippen molar-refractivity contribution in [3.05, 3.63) is 11.3 Å². The Balaban J connectivity index is 1.52. The zero-order valence-corrected chi connectivity index (χ0v) is 14.1. The molecule has 2 amide bonds. The number of carbonyl (C=O) groups excluding carboxylic acids is 1. The molecule has 1 fully saturated rings. The zero-order chi connectivity index (χ0) is 16.2. The Labute approximate surface area is 138 Å². The summed E-state index contributed by atoms with van der Waals surface area (Å²) in [5.41, 5.74) is 0. The second kappa shape index (κ2) is 6.90. The van der Waals surface area contributed by atoms with Crippen molar-refractivity contribution in [3.8, 4) is 0 Å². The quantitative estimate of drug-likeness (QED) is 0.894. The van der Waals surface area contributed by atoms with Crippen molar-refractivity contribution in [3.63, 3.8) is 0 Å². The van der Waals surface area contributed by atoms with Gasteiger partial charge in [-0.05, 0) is 6.42 Å². The summed E-state index contributed by atoms with van der Waals surface area (Å²) in [6.45, 7) is 4.84. The van der Waals surface area contributed by atoms with Gasteiger partial charge in [0.05, 0.1) is 0 Å². The maximum atomic E-state index is 12.3. The molecule has 0 radical (unpaired) electrons. The summed E-state index contributed by atoms with van der Waals surface area (Å²) in [6.07, 6.45) is 3.59. The van der Waals surface area contributed by atoms with Crippen LogP contribution in [0.3, 0.4) is 0 Å². The summed E-state index contributed by atoms with van der Waals surface area (Å²) in [7, 11) is 1.91. The van der Waals surface area contributed by atoms with Crippen molar-refractivity contribution in [2.24, 2.45) is 7.05 Å². The zero-order valence-electron chi connectivity index (χ0n) is 13.3. The fourth-order valence-electron chi connectivity index (χ4n) is 2.46. The number of urea groups is 1. The molecule has 0 aromatic carbocycles. The fraction of sp³-hybridized carbons (Fsp3) is 0.615. The van der Waals surface area contributed by atoms with Gasteiger partial charge in [-0.25, -0.2) is 4.79 Å². The first-order valence-corrected chi connectivity index (χ1v) is 8.46. The number of hydrogen-bond donors (Lipinski definition) is 1. The van der Waals surface area contributed by atoms with Crippen LogP contribution in [0.1, 0.15) is 18.4 Å². The third kappa shape index (κ3) is 3.58. The smallest absolute Gasteiger partial charge is 0.323 e. The lowest BCUT2D eigenvalue weighted by Gasteiger charge is -2.34. The van der Waals surface area contributed by atoms with E-state index in [9.17, 15) is 4.79 Å². The molecule has 10 heteroatoms. The molecule has 2 aromatic heterocycles. The Bertz CT molecular complexity index is 660. The molecule has 1 aliphatic heterocycles. The molecule has 0 unspecified atom stereocenters. The lowest BCUT2D eigenvalue weighted by Crippen LogP contribution is -2.50. The van der Waals surface area contributed by atoms with E-state index in [1.165, 1.54) is 11.3 Å². The van der Waals surface area contributed by atoms with Crippen LogP contribution in [-0.4, -0.2) is 62.1 Å². The molecule has 1 N–H and O–H groups in total. The van der Waals surface area contributed by atoms with Gasteiger partial charge in [0, 0.05) is 39.6 Å². The first-order chi connectivity index (χ1) is 11.2. The van der Waals surface area contributed by atoms with Gasteiger partial charge in [0.25, 0.3) is 0 Å². The van der Waals surface area contributed by atoms with Gasteiger partial charge in [0.1, 0.15) is 11.3 Å². The number of nitrogens with zero attached hydrogens (tertiary/aromatic N) is 7. The molecule has 1 aliphatic rings. The van der Waals surface area contributed by atoms with E-state index in [0.29, 0.717) is 18.2 Å². The molecular weight excluding hydrogens is 316 g/mol. The van der Waals surface area contributed by atoms with Gasteiger partial charge < -0.3 is 14.4 Å². The van der Waals surface area contributed by atoms with E-state index in [2.05, 4.69) is 37.5 Å². The Kier molecular flexibility index (Phi) is 4.70. The van der Waals surface area contributed by atoms with Gasteiger partial charge in [0.15, 0.2) is 0 Å². The highest BCUT2D eigenvalue weighted by Gasteiger charge is 2.24. The van der Waals surface area contributed by atoms with Crippen LogP contribution in [0.2, 0.25) is 0 Å². The highest BCUT2D eigenvalue weighted by atomic mass is 32.1. The number of carbonyl (C=O) groups is 1. The lowest BCUT2D eigenvalue weighted by molar-refractivity contribution is 0.208. The van der Waals surface area contributed by atoms with Crippen molar-refractivity contribution in [2.45, 2.75) is 19.8 Å². The number of hydrogen-bond acceptors (Lipinski definition) is 7. The van der Waals surface area contributed by atoms with Gasteiger partial charge in [-0.1, -0.05) is 18.3 Å². The van der Waals surface area contributed by atoms with Crippen molar-refractivity contribution in [2.75, 3.05) is 36.4 Å². The summed E-state index contributed by atoms with van der Waals surface area (Å²) in [4.78, 5) is 16.2. The molecule has 0 spiro atoms. The Morgan fingerprint density at radius 3 is 2.70 bits per heavy atom. The van der Waals surface area contributed by atoms with Crippen LogP contribution >= 0.6 is 11.3 Å². The number of rotatable bonds is 4. The van der Waals surface area contributed by atoms with E-state index in [4.69, 9.17) is 0 Å². The van der Waals surface area contributed by atoms with E-state index in [0.717, 1.165) is 36.9 Å². The predicted molar refractivity (Wildman–Crippen MR) is 87.7 cm³/mol. The van der Waals surface area contributed by atoms with Crippen molar-refractivity contribution in [1.82, 2.24) is 29.9 Å². The first-order valence-electron chi connectivity index (χ1n) is 7.64. The normalized spacial score (nSPS) is 15.0. The number of aryl methyl sites for hydroxylation is 2. The summed E-state index contributed by atoms with van der Waals surface area (Å²) >= 11 is 1.44. The minimum absolute atomic E-state index is 0.123. The molecule has 2 aromatic rings. The standard InChI is InChI=1S/C13H20N8OS/c1-3-4-10-16-17-11(23-10)15-13(22)21-7-5-20(6-8-21)12-18-14-9-19(12)2/h9H,3-8H2,1-2H3,(H,15,17,22). The van der Waals surface area contributed by atoms with Crippen molar-refractivity contribution >= 4 is 28.4 Å². The van der Waals surface area contributed by atoms with Crippen molar-refractivity contribution in [1.29, 1.82) is 0 Å². The van der Waals surface area contributed by atoms with Crippen LogP contribution in [0.15, 0.2) is 6.33 Å². The summed E-state index contributed by atoms with van der Waals surface area (Å²) in [5.74, 6) is 0.832. The van der Waals surface area contributed by atoms with E-state index < -0.39 is 0 Å². The topological polar surface area (TPSA) is 92.1 Å². The largest absolute Gasteiger partial charge is 0.337 e. The van der Waals surface area contributed by atoms with Crippen molar-refractivity contribution < 1.29 is 4.79 Å². The fourth-order valence-corrected chi connectivity index (χ4v) is 3.29. The number of aromatic nitrogens is 5. The Morgan fingerprint density at radius 2 is 2.04 bits per heavy atom. The Morgan fingerprint density at radius 1 is 1.26 bits per heavy atom. The molecule has 124 valence electrons. The molecule has 23 heavy (non-hydrogen) atoms. The number of amides is 2. The highest BCUT2D eigenvalue weighted by molar-refractivity contribution is 7.15. The molecule has 3 rings (SSSR count).